The van der Waals surface area contributed by atoms with Crippen LogP contribution in [0.25, 0.3) is 0 Å². The highest BCUT2D eigenvalue weighted by atomic mass is 32.2. The summed E-state index contributed by atoms with van der Waals surface area (Å²) in [5.41, 5.74) is 1.87. The van der Waals surface area contributed by atoms with Crippen LogP contribution in [0, 0.1) is 0 Å². The second kappa shape index (κ2) is 4.23. The van der Waals surface area contributed by atoms with Crippen molar-refractivity contribution in [3.05, 3.63) is 29.8 Å². The van der Waals surface area contributed by atoms with Crippen molar-refractivity contribution in [1.29, 1.82) is 0 Å². The molecule has 2 N–H and O–H groups in total. The highest BCUT2D eigenvalue weighted by molar-refractivity contribution is 7.78. The van der Waals surface area contributed by atoms with Crippen LogP contribution in [0.2, 0.25) is 0 Å². The molecule has 4 heteroatoms. The Hall–Kier alpha value is -0.870. The number of hydrogen-bond acceptors (Lipinski definition) is 2. The predicted molar refractivity (Wildman–Crippen MR) is 50.5 cm³/mol. The highest BCUT2D eigenvalue weighted by Gasteiger charge is 1.96. The van der Waals surface area contributed by atoms with Crippen LogP contribution in [-0.2, 0) is 16.8 Å². The molecular weight excluding hydrogens is 174 g/mol. The molecule has 1 aromatic rings. The predicted octanol–water partition coefficient (Wildman–Crippen LogP) is 1.45. The number of nitrogens with one attached hydrogen (secondary N) is 1. The molecule has 0 fully saturated rings. The maximum atomic E-state index is 10.4. The van der Waals surface area contributed by atoms with E-state index in [0.717, 1.165) is 11.3 Å². The molecule has 0 amide bonds. The summed E-state index contributed by atoms with van der Waals surface area (Å²) in [6.07, 6.45) is 0. The second-order valence-corrected chi connectivity index (χ2v) is 3.34. The molecule has 0 aliphatic carbocycles. The summed E-state index contributed by atoms with van der Waals surface area (Å²) >= 11 is -1.75. The van der Waals surface area contributed by atoms with Crippen molar-refractivity contribution in [1.82, 2.24) is 0 Å². The van der Waals surface area contributed by atoms with Gasteiger partial charge in [-0.25, -0.2) is 4.21 Å². The summed E-state index contributed by atoms with van der Waals surface area (Å²) in [5, 5.41) is 2.97. The molecule has 1 aromatic carbocycles. The van der Waals surface area contributed by atoms with Gasteiger partial charge in [0.2, 0.25) is 0 Å². The third-order valence-electron chi connectivity index (χ3n) is 1.53. The lowest BCUT2D eigenvalue weighted by molar-refractivity contribution is 0.563. The number of benzene rings is 1. The first-order valence-corrected chi connectivity index (χ1v) is 4.84. The zero-order valence-electron chi connectivity index (χ0n) is 6.78. The van der Waals surface area contributed by atoms with Gasteiger partial charge in [-0.15, -0.1) is 0 Å². The van der Waals surface area contributed by atoms with Crippen LogP contribution < -0.4 is 5.32 Å². The fourth-order valence-corrected chi connectivity index (χ4v) is 1.39. The minimum atomic E-state index is -1.75. The maximum absolute atomic E-state index is 10.4. The van der Waals surface area contributed by atoms with Crippen molar-refractivity contribution >= 4 is 16.8 Å². The molecule has 0 bridgehead atoms. The van der Waals surface area contributed by atoms with Crippen molar-refractivity contribution in [2.24, 2.45) is 0 Å². The van der Waals surface area contributed by atoms with Crippen molar-refractivity contribution in [2.75, 3.05) is 12.4 Å². The van der Waals surface area contributed by atoms with E-state index in [0.29, 0.717) is 0 Å². The van der Waals surface area contributed by atoms with E-state index in [9.17, 15) is 4.21 Å². The van der Waals surface area contributed by atoms with Gasteiger partial charge in [0, 0.05) is 12.7 Å². The normalized spacial score (nSPS) is 12.5. The number of anilines is 1. The van der Waals surface area contributed by atoms with Gasteiger partial charge < -0.3 is 9.87 Å². The van der Waals surface area contributed by atoms with Gasteiger partial charge in [-0.2, -0.15) is 0 Å². The van der Waals surface area contributed by atoms with Gasteiger partial charge in [-0.3, -0.25) is 0 Å². The smallest absolute Gasteiger partial charge is 0.157 e. The summed E-state index contributed by atoms with van der Waals surface area (Å²) in [7, 11) is 1.83. The fourth-order valence-electron chi connectivity index (χ4n) is 0.910. The largest absolute Gasteiger partial charge is 0.388 e. The van der Waals surface area contributed by atoms with Crippen LogP contribution >= 0.6 is 0 Å². The molecule has 0 heterocycles. The monoisotopic (exact) mass is 185 g/mol. The van der Waals surface area contributed by atoms with Gasteiger partial charge in [0.05, 0.1) is 5.75 Å². The van der Waals surface area contributed by atoms with Crippen LogP contribution in [0.4, 0.5) is 5.69 Å². The molecule has 12 heavy (non-hydrogen) atoms. The summed E-state index contributed by atoms with van der Waals surface area (Å²) in [5.74, 6) is 0.198. The SMILES string of the molecule is CNc1ccc(CS(=O)O)cc1. The van der Waals surface area contributed by atoms with E-state index in [1.165, 1.54) is 0 Å². The van der Waals surface area contributed by atoms with Crippen molar-refractivity contribution in [2.45, 2.75) is 5.75 Å². The average molecular weight is 185 g/mol. The van der Waals surface area contributed by atoms with E-state index in [1.807, 2.05) is 31.3 Å². The lowest BCUT2D eigenvalue weighted by Crippen LogP contribution is -1.93. The second-order valence-electron chi connectivity index (χ2n) is 2.41. The summed E-state index contributed by atoms with van der Waals surface area (Å²) < 4.78 is 19.0. The Labute approximate surface area is 74.1 Å². The van der Waals surface area contributed by atoms with Crippen LogP contribution in [0.3, 0.4) is 0 Å². The summed E-state index contributed by atoms with van der Waals surface area (Å²) in [6.45, 7) is 0. The third-order valence-corrected chi connectivity index (χ3v) is 2.11. The molecule has 1 rings (SSSR count). The molecule has 66 valence electrons. The molecule has 1 unspecified atom stereocenters. The molecule has 0 radical (unpaired) electrons. The van der Waals surface area contributed by atoms with E-state index >= 15 is 0 Å². The van der Waals surface area contributed by atoms with Gasteiger partial charge in [-0.1, -0.05) is 12.1 Å². The fraction of sp³-hybridized carbons (Fsp3) is 0.250. The highest BCUT2D eigenvalue weighted by Crippen LogP contribution is 2.09. The first-order valence-electron chi connectivity index (χ1n) is 3.56. The van der Waals surface area contributed by atoms with E-state index in [2.05, 4.69) is 5.32 Å². The Morgan fingerprint density at radius 2 is 2.00 bits per heavy atom. The topological polar surface area (TPSA) is 49.3 Å². The number of rotatable bonds is 3. The molecule has 3 nitrogen and oxygen atoms in total. The minimum Gasteiger partial charge on any atom is -0.388 e. The van der Waals surface area contributed by atoms with E-state index in [1.54, 1.807) is 0 Å². The zero-order valence-corrected chi connectivity index (χ0v) is 7.60. The van der Waals surface area contributed by atoms with Gasteiger partial charge >= 0.3 is 0 Å². The molecule has 0 saturated heterocycles. The molecular formula is C8H11NO2S. The van der Waals surface area contributed by atoms with Gasteiger partial charge in [0.15, 0.2) is 11.1 Å². The first kappa shape index (κ1) is 9.22. The lowest BCUT2D eigenvalue weighted by atomic mass is 10.2. The van der Waals surface area contributed by atoms with Gasteiger partial charge in [-0.05, 0) is 17.7 Å². The Balaban J connectivity index is 2.71. The molecule has 0 aliphatic heterocycles. The Bertz CT molecular complexity index is 271. The van der Waals surface area contributed by atoms with Crippen molar-refractivity contribution in [3.8, 4) is 0 Å². The Morgan fingerprint density at radius 1 is 1.42 bits per heavy atom. The van der Waals surface area contributed by atoms with Crippen LogP contribution in [-0.4, -0.2) is 15.8 Å². The molecule has 1 atom stereocenters. The first-order chi connectivity index (χ1) is 5.72. The summed E-state index contributed by atoms with van der Waals surface area (Å²) in [4.78, 5) is 0. The molecule has 0 saturated carbocycles. The van der Waals surface area contributed by atoms with E-state index < -0.39 is 11.1 Å². The van der Waals surface area contributed by atoms with E-state index in [4.69, 9.17) is 4.55 Å². The standard InChI is InChI=1S/C8H11NO2S/c1-9-8-4-2-7(3-5-8)6-12(10)11/h2-5,9H,6H2,1H3,(H,10,11). The molecule has 0 spiro atoms. The van der Waals surface area contributed by atoms with Crippen molar-refractivity contribution in [3.63, 3.8) is 0 Å². The van der Waals surface area contributed by atoms with Crippen LogP contribution in [0.15, 0.2) is 24.3 Å². The van der Waals surface area contributed by atoms with Gasteiger partial charge in [0.25, 0.3) is 0 Å². The lowest BCUT2D eigenvalue weighted by Gasteiger charge is -2.00. The average Bonchev–Trinajstić information content (AvgIpc) is 2.05. The molecule has 0 aliphatic rings. The van der Waals surface area contributed by atoms with Crippen molar-refractivity contribution < 1.29 is 8.76 Å². The number of hydrogen-bond donors (Lipinski definition) is 2. The summed E-state index contributed by atoms with van der Waals surface area (Å²) in [6, 6.07) is 7.42. The van der Waals surface area contributed by atoms with Gasteiger partial charge in [0.1, 0.15) is 0 Å². The van der Waals surface area contributed by atoms with Crippen LogP contribution in [0.5, 0.6) is 0 Å². The maximum Gasteiger partial charge on any atom is 0.157 e. The third kappa shape index (κ3) is 2.64. The molecule has 0 aromatic heterocycles. The Morgan fingerprint density at radius 3 is 2.42 bits per heavy atom. The quantitative estimate of drug-likeness (QED) is 0.701. The minimum absolute atomic E-state index is 0.198. The Kier molecular flexibility index (Phi) is 3.25. The van der Waals surface area contributed by atoms with E-state index in [-0.39, 0.29) is 5.75 Å². The zero-order chi connectivity index (χ0) is 8.97. The van der Waals surface area contributed by atoms with Crippen LogP contribution in [0.1, 0.15) is 5.56 Å².